The van der Waals surface area contributed by atoms with E-state index in [1.165, 1.54) is 0 Å². The number of amidine groups is 1. The van der Waals surface area contributed by atoms with Gasteiger partial charge in [0.25, 0.3) is 0 Å². The van der Waals surface area contributed by atoms with Crippen LogP contribution in [0.25, 0.3) is 0 Å². The summed E-state index contributed by atoms with van der Waals surface area (Å²) in [5, 5.41) is 6.86. The normalized spacial score (nSPS) is 35.0. The number of aliphatic imine (C=N–C) groups is 1. The van der Waals surface area contributed by atoms with Crippen LogP contribution >= 0.6 is 0 Å². The molecule has 1 atom stereocenters. The van der Waals surface area contributed by atoms with Crippen molar-refractivity contribution in [1.29, 1.82) is 0 Å². The van der Waals surface area contributed by atoms with Crippen LogP contribution in [0.3, 0.4) is 0 Å². The van der Waals surface area contributed by atoms with E-state index in [9.17, 15) is 0 Å². The third-order valence-electron chi connectivity index (χ3n) is 4.49. The van der Waals surface area contributed by atoms with Gasteiger partial charge in [-0.1, -0.05) is 12.1 Å². The summed E-state index contributed by atoms with van der Waals surface area (Å²) in [6.07, 6.45) is 4.15. The van der Waals surface area contributed by atoms with Gasteiger partial charge in [-0.25, -0.2) is 0 Å². The average molecular weight is 273 g/mol. The molecule has 1 saturated carbocycles. The van der Waals surface area contributed by atoms with Crippen molar-refractivity contribution in [2.45, 2.75) is 37.5 Å². The quantitative estimate of drug-likeness (QED) is 0.619. The molecule has 1 fully saturated rings. The van der Waals surface area contributed by atoms with E-state index in [0.717, 1.165) is 42.8 Å². The zero-order chi connectivity index (χ0) is 14.2. The van der Waals surface area contributed by atoms with Crippen molar-refractivity contribution >= 4 is 11.5 Å². The number of hydrogen-bond acceptors (Lipinski definition) is 4. The number of nitrogens with two attached hydrogens (primary N) is 2. The van der Waals surface area contributed by atoms with Crippen molar-refractivity contribution < 1.29 is 0 Å². The van der Waals surface area contributed by atoms with Gasteiger partial charge in [-0.05, 0) is 37.8 Å². The lowest BCUT2D eigenvalue weighted by Crippen LogP contribution is -2.68. The van der Waals surface area contributed by atoms with Crippen LogP contribution in [0.15, 0.2) is 29.3 Å². The molecule has 1 aliphatic carbocycles. The predicted molar refractivity (Wildman–Crippen MR) is 82.5 cm³/mol. The summed E-state index contributed by atoms with van der Waals surface area (Å²) in [5.74, 6) is 0.577. The maximum atomic E-state index is 6.62. The standard InChI is InChI=1S/C15H23N5/c1-18-14-12-4-2-3-5-13(12)19-15(17,20-14)10-6-8-11(16)9-7-10/h2-5,10-11,19H,6-9,16-17H2,1H3,(H,18,20). The topological polar surface area (TPSA) is 88.5 Å². The maximum absolute atomic E-state index is 6.62. The minimum atomic E-state index is -0.636. The Balaban J connectivity index is 1.89. The summed E-state index contributed by atoms with van der Waals surface area (Å²) < 4.78 is 0. The summed E-state index contributed by atoms with van der Waals surface area (Å²) >= 11 is 0. The molecular weight excluding hydrogens is 250 g/mol. The molecule has 1 aromatic rings. The van der Waals surface area contributed by atoms with Gasteiger partial charge in [0.2, 0.25) is 0 Å². The van der Waals surface area contributed by atoms with Gasteiger partial charge in [0.15, 0.2) is 5.79 Å². The zero-order valence-electron chi connectivity index (χ0n) is 11.9. The Morgan fingerprint density at radius 3 is 2.55 bits per heavy atom. The van der Waals surface area contributed by atoms with Crippen LogP contribution in [-0.2, 0) is 0 Å². The van der Waals surface area contributed by atoms with Gasteiger partial charge in [-0.2, -0.15) is 0 Å². The first-order chi connectivity index (χ1) is 9.62. The first kappa shape index (κ1) is 13.4. The van der Waals surface area contributed by atoms with E-state index in [4.69, 9.17) is 11.5 Å². The van der Waals surface area contributed by atoms with Crippen molar-refractivity contribution in [3.8, 4) is 0 Å². The number of anilines is 1. The SMILES string of the molecule is CN=C1NC(N)(C2CCC(N)CC2)Nc2ccccc21. The molecule has 0 bridgehead atoms. The number of fused-ring (bicyclic) bond motifs is 1. The largest absolute Gasteiger partial charge is 0.350 e. The Morgan fingerprint density at radius 2 is 1.85 bits per heavy atom. The van der Waals surface area contributed by atoms with Crippen molar-refractivity contribution in [2.75, 3.05) is 12.4 Å². The summed E-state index contributed by atoms with van der Waals surface area (Å²) in [7, 11) is 1.79. The summed E-state index contributed by atoms with van der Waals surface area (Å²) in [5.41, 5.74) is 14.7. The molecule has 0 radical (unpaired) electrons. The predicted octanol–water partition coefficient (Wildman–Crippen LogP) is 1.21. The van der Waals surface area contributed by atoms with Gasteiger partial charge in [0.1, 0.15) is 5.84 Å². The molecule has 0 saturated heterocycles. The molecule has 108 valence electrons. The number of nitrogens with one attached hydrogen (secondary N) is 2. The molecule has 1 heterocycles. The number of hydrogen-bond donors (Lipinski definition) is 4. The van der Waals surface area contributed by atoms with Crippen LogP contribution in [0.1, 0.15) is 31.2 Å². The van der Waals surface area contributed by atoms with Crippen LogP contribution < -0.4 is 22.1 Å². The fourth-order valence-corrected chi connectivity index (χ4v) is 3.27. The first-order valence-corrected chi connectivity index (χ1v) is 7.29. The van der Waals surface area contributed by atoms with Crippen LogP contribution in [0, 0.1) is 5.92 Å². The molecule has 0 amide bonds. The molecule has 6 N–H and O–H groups in total. The lowest BCUT2D eigenvalue weighted by atomic mass is 9.81. The Morgan fingerprint density at radius 1 is 1.15 bits per heavy atom. The summed E-state index contributed by atoms with van der Waals surface area (Å²) in [4.78, 5) is 4.35. The Kier molecular flexibility index (Phi) is 3.40. The van der Waals surface area contributed by atoms with Crippen LogP contribution in [0.4, 0.5) is 5.69 Å². The Bertz CT molecular complexity index is 519. The van der Waals surface area contributed by atoms with Gasteiger partial charge in [0.05, 0.1) is 0 Å². The Labute approximate surface area is 119 Å². The molecule has 0 spiro atoms. The number of nitrogens with zero attached hydrogens (tertiary/aromatic N) is 1. The molecule has 2 aliphatic rings. The minimum absolute atomic E-state index is 0.324. The fraction of sp³-hybridized carbons (Fsp3) is 0.533. The molecule has 20 heavy (non-hydrogen) atoms. The second-order valence-corrected chi connectivity index (χ2v) is 5.85. The zero-order valence-corrected chi connectivity index (χ0v) is 11.9. The highest BCUT2D eigenvalue weighted by Gasteiger charge is 2.41. The number of benzene rings is 1. The van der Waals surface area contributed by atoms with E-state index < -0.39 is 5.79 Å². The van der Waals surface area contributed by atoms with E-state index >= 15 is 0 Å². The summed E-state index contributed by atoms with van der Waals surface area (Å²) in [6.45, 7) is 0. The van der Waals surface area contributed by atoms with Gasteiger partial charge in [-0.3, -0.25) is 10.7 Å². The molecule has 1 aromatic carbocycles. The minimum Gasteiger partial charge on any atom is -0.350 e. The number of para-hydroxylation sites is 1. The molecule has 5 heteroatoms. The highest BCUT2D eigenvalue weighted by atomic mass is 15.3. The third-order valence-corrected chi connectivity index (χ3v) is 4.49. The monoisotopic (exact) mass is 273 g/mol. The average Bonchev–Trinajstić information content (AvgIpc) is 2.47. The van der Waals surface area contributed by atoms with Gasteiger partial charge < -0.3 is 16.4 Å². The van der Waals surface area contributed by atoms with Crippen LogP contribution in [-0.4, -0.2) is 24.7 Å². The van der Waals surface area contributed by atoms with Gasteiger partial charge in [0, 0.05) is 30.3 Å². The van der Waals surface area contributed by atoms with E-state index in [-0.39, 0.29) is 0 Å². The number of rotatable bonds is 1. The molecule has 3 rings (SSSR count). The van der Waals surface area contributed by atoms with E-state index in [1.54, 1.807) is 7.05 Å². The molecule has 1 aliphatic heterocycles. The van der Waals surface area contributed by atoms with E-state index in [0.29, 0.717) is 12.0 Å². The molecule has 0 aromatic heterocycles. The van der Waals surface area contributed by atoms with Crippen molar-refractivity contribution in [2.24, 2.45) is 22.4 Å². The highest BCUT2D eigenvalue weighted by molar-refractivity contribution is 6.05. The van der Waals surface area contributed by atoms with Crippen molar-refractivity contribution in [3.05, 3.63) is 29.8 Å². The lowest BCUT2D eigenvalue weighted by Gasteiger charge is -2.46. The molecular formula is C15H23N5. The fourth-order valence-electron chi connectivity index (χ4n) is 3.27. The first-order valence-electron chi connectivity index (χ1n) is 7.29. The Hall–Kier alpha value is -1.59. The summed E-state index contributed by atoms with van der Waals surface area (Å²) in [6, 6.07) is 8.45. The molecule has 5 nitrogen and oxygen atoms in total. The maximum Gasteiger partial charge on any atom is 0.165 e. The van der Waals surface area contributed by atoms with Crippen molar-refractivity contribution in [1.82, 2.24) is 5.32 Å². The van der Waals surface area contributed by atoms with E-state index in [1.807, 2.05) is 18.2 Å². The highest BCUT2D eigenvalue weighted by Crippen LogP contribution is 2.34. The van der Waals surface area contributed by atoms with Gasteiger partial charge in [-0.15, -0.1) is 0 Å². The molecule has 1 unspecified atom stereocenters. The second kappa shape index (κ2) is 5.07. The third kappa shape index (κ3) is 2.27. The van der Waals surface area contributed by atoms with Crippen LogP contribution in [0.5, 0.6) is 0 Å². The van der Waals surface area contributed by atoms with Crippen molar-refractivity contribution in [3.63, 3.8) is 0 Å². The van der Waals surface area contributed by atoms with Crippen LogP contribution in [0.2, 0.25) is 0 Å². The lowest BCUT2D eigenvalue weighted by molar-refractivity contribution is 0.201. The second-order valence-electron chi connectivity index (χ2n) is 5.85. The van der Waals surface area contributed by atoms with E-state index in [2.05, 4.69) is 21.7 Å². The smallest absolute Gasteiger partial charge is 0.165 e. The van der Waals surface area contributed by atoms with Gasteiger partial charge >= 0.3 is 0 Å².